The van der Waals surface area contributed by atoms with Crippen LogP contribution in [0.2, 0.25) is 0 Å². The number of methoxy groups -OCH3 is 1. The topological polar surface area (TPSA) is 34.4 Å². The van der Waals surface area contributed by atoms with E-state index in [1.807, 2.05) is 26.5 Å². The molecule has 0 amide bonds. The van der Waals surface area contributed by atoms with Gasteiger partial charge in [0.1, 0.15) is 0 Å². The summed E-state index contributed by atoms with van der Waals surface area (Å²) in [6, 6.07) is 2.26. The van der Waals surface area contributed by atoms with Crippen LogP contribution >= 0.6 is 0 Å². The molecular formula is C14H23NO2. The van der Waals surface area contributed by atoms with Crippen LogP contribution in [0.1, 0.15) is 43.7 Å². The largest absolute Gasteiger partial charge is 0.472 e. The van der Waals surface area contributed by atoms with Crippen molar-refractivity contribution in [3.63, 3.8) is 0 Å². The Balaban J connectivity index is 2.09. The fourth-order valence-corrected chi connectivity index (χ4v) is 3.04. The van der Waals surface area contributed by atoms with Crippen molar-refractivity contribution in [3.8, 4) is 0 Å². The first kappa shape index (κ1) is 12.7. The van der Waals surface area contributed by atoms with Crippen molar-refractivity contribution in [1.82, 2.24) is 5.32 Å². The molecule has 3 nitrogen and oxygen atoms in total. The predicted molar refractivity (Wildman–Crippen MR) is 67.9 cm³/mol. The van der Waals surface area contributed by atoms with Gasteiger partial charge in [-0.3, -0.25) is 0 Å². The summed E-state index contributed by atoms with van der Waals surface area (Å²) in [4.78, 5) is 0. The monoisotopic (exact) mass is 237 g/mol. The van der Waals surface area contributed by atoms with E-state index < -0.39 is 0 Å². The smallest absolute Gasteiger partial charge is 0.0951 e. The average Bonchev–Trinajstić information content (AvgIpc) is 2.90. The zero-order chi connectivity index (χ0) is 12.1. The molecule has 3 heteroatoms. The molecule has 0 saturated heterocycles. The first-order valence-corrected chi connectivity index (χ1v) is 6.59. The van der Waals surface area contributed by atoms with Crippen LogP contribution in [0.5, 0.6) is 0 Å². The third-order valence-electron chi connectivity index (χ3n) is 3.93. The van der Waals surface area contributed by atoms with Crippen LogP contribution in [-0.2, 0) is 4.74 Å². The summed E-state index contributed by atoms with van der Waals surface area (Å²) in [7, 11) is 3.82. The lowest BCUT2D eigenvalue weighted by atomic mass is 9.81. The van der Waals surface area contributed by atoms with Crippen LogP contribution in [-0.4, -0.2) is 20.3 Å². The van der Waals surface area contributed by atoms with Crippen LogP contribution in [0.15, 0.2) is 23.0 Å². The third-order valence-corrected chi connectivity index (χ3v) is 3.93. The molecule has 0 radical (unpaired) electrons. The Kier molecular flexibility index (Phi) is 4.63. The molecular weight excluding hydrogens is 214 g/mol. The number of rotatable bonds is 5. The van der Waals surface area contributed by atoms with Crippen LogP contribution < -0.4 is 5.32 Å². The van der Waals surface area contributed by atoms with E-state index in [1.54, 1.807) is 6.26 Å². The fraction of sp³-hybridized carbons (Fsp3) is 0.714. The zero-order valence-electron chi connectivity index (χ0n) is 10.8. The van der Waals surface area contributed by atoms with Gasteiger partial charge < -0.3 is 14.5 Å². The van der Waals surface area contributed by atoms with Crippen molar-refractivity contribution in [1.29, 1.82) is 0 Å². The van der Waals surface area contributed by atoms with E-state index in [2.05, 4.69) is 5.32 Å². The number of furan rings is 1. The average molecular weight is 237 g/mol. The number of likely N-dealkylation sites (N-methyl/N-ethyl adjacent to an activating group) is 1. The molecule has 0 bridgehead atoms. The van der Waals surface area contributed by atoms with E-state index in [1.165, 1.54) is 37.7 Å². The lowest BCUT2D eigenvalue weighted by molar-refractivity contribution is 0.00928. The molecule has 2 atom stereocenters. The van der Waals surface area contributed by atoms with Gasteiger partial charge in [-0.25, -0.2) is 0 Å². The lowest BCUT2D eigenvalue weighted by Crippen LogP contribution is -2.37. The van der Waals surface area contributed by atoms with Crippen LogP contribution in [0.25, 0.3) is 0 Å². The maximum Gasteiger partial charge on any atom is 0.0951 e. The Morgan fingerprint density at radius 1 is 1.35 bits per heavy atom. The Hall–Kier alpha value is -0.800. The number of hydrogen-bond acceptors (Lipinski definition) is 3. The minimum atomic E-state index is 0.238. The molecule has 0 spiro atoms. The van der Waals surface area contributed by atoms with Crippen molar-refractivity contribution >= 4 is 0 Å². The third kappa shape index (κ3) is 2.90. The molecule has 1 heterocycles. The molecule has 2 unspecified atom stereocenters. The molecule has 17 heavy (non-hydrogen) atoms. The predicted octanol–water partition coefficient (Wildman–Crippen LogP) is 3.14. The molecule has 2 rings (SSSR count). The van der Waals surface area contributed by atoms with Gasteiger partial charge in [-0.15, -0.1) is 0 Å². The van der Waals surface area contributed by atoms with Gasteiger partial charge >= 0.3 is 0 Å². The zero-order valence-corrected chi connectivity index (χ0v) is 10.8. The Bertz CT molecular complexity index is 304. The second-order valence-corrected chi connectivity index (χ2v) is 4.92. The highest BCUT2D eigenvalue weighted by molar-refractivity contribution is 5.14. The molecule has 1 N–H and O–H groups in total. The van der Waals surface area contributed by atoms with Gasteiger partial charge in [-0.2, -0.15) is 0 Å². The first-order valence-electron chi connectivity index (χ1n) is 6.59. The van der Waals surface area contributed by atoms with Crippen molar-refractivity contribution < 1.29 is 9.15 Å². The van der Waals surface area contributed by atoms with Gasteiger partial charge in [0.05, 0.1) is 24.7 Å². The Morgan fingerprint density at radius 2 is 2.12 bits per heavy atom. The normalized spacial score (nSPS) is 21.3. The first-order chi connectivity index (χ1) is 8.36. The molecule has 1 saturated carbocycles. The van der Waals surface area contributed by atoms with E-state index in [4.69, 9.17) is 9.15 Å². The van der Waals surface area contributed by atoms with Crippen molar-refractivity contribution in [2.45, 2.75) is 44.2 Å². The maximum absolute atomic E-state index is 5.76. The molecule has 1 aliphatic rings. The van der Waals surface area contributed by atoms with Gasteiger partial charge in [0.15, 0.2) is 0 Å². The van der Waals surface area contributed by atoms with Gasteiger partial charge in [0.25, 0.3) is 0 Å². The summed E-state index contributed by atoms with van der Waals surface area (Å²) in [5.74, 6) is 0.668. The van der Waals surface area contributed by atoms with E-state index in [0.717, 1.165) is 0 Å². The minimum Gasteiger partial charge on any atom is -0.472 e. The fourth-order valence-electron chi connectivity index (χ4n) is 3.04. The van der Waals surface area contributed by atoms with E-state index in [9.17, 15) is 0 Å². The highest BCUT2D eigenvalue weighted by Gasteiger charge is 2.31. The number of ether oxygens (including phenoxy) is 1. The van der Waals surface area contributed by atoms with Crippen molar-refractivity contribution in [2.75, 3.05) is 14.2 Å². The molecule has 1 aromatic heterocycles. The Labute approximate surface area is 104 Å². The summed E-state index contributed by atoms with van der Waals surface area (Å²) in [5.41, 5.74) is 1.19. The van der Waals surface area contributed by atoms with Gasteiger partial charge in [0, 0.05) is 12.7 Å². The molecule has 0 aromatic carbocycles. The van der Waals surface area contributed by atoms with Crippen molar-refractivity contribution in [3.05, 3.63) is 24.2 Å². The molecule has 96 valence electrons. The van der Waals surface area contributed by atoms with Gasteiger partial charge in [0.2, 0.25) is 0 Å². The highest BCUT2D eigenvalue weighted by atomic mass is 16.5. The number of nitrogens with one attached hydrogen (secondary N) is 1. The second-order valence-electron chi connectivity index (χ2n) is 4.92. The molecule has 1 fully saturated rings. The SMILES string of the molecule is CNC(c1ccoc1)C(OC)C1CCCCC1. The minimum absolute atomic E-state index is 0.238. The summed E-state index contributed by atoms with van der Waals surface area (Å²) < 4.78 is 10.9. The van der Waals surface area contributed by atoms with E-state index in [-0.39, 0.29) is 12.1 Å². The standard InChI is InChI=1S/C14H23NO2/c1-15-13(12-8-9-17-10-12)14(16-2)11-6-4-3-5-7-11/h8-11,13-15H,3-7H2,1-2H3. The molecule has 0 aliphatic heterocycles. The van der Waals surface area contributed by atoms with Gasteiger partial charge in [-0.05, 0) is 31.9 Å². The Morgan fingerprint density at radius 3 is 2.65 bits per heavy atom. The summed E-state index contributed by atoms with van der Waals surface area (Å²) in [5, 5.41) is 3.37. The summed E-state index contributed by atoms with van der Waals surface area (Å²) >= 11 is 0. The van der Waals surface area contributed by atoms with Gasteiger partial charge in [-0.1, -0.05) is 19.3 Å². The van der Waals surface area contributed by atoms with E-state index in [0.29, 0.717) is 5.92 Å². The second kappa shape index (κ2) is 6.22. The maximum atomic E-state index is 5.76. The van der Waals surface area contributed by atoms with Crippen LogP contribution in [0.4, 0.5) is 0 Å². The van der Waals surface area contributed by atoms with E-state index >= 15 is 0 Å². The number of hydrogen-bond donors (Lipinski definition) is 1. The summed E-state index contributed by atoms with van der Waals surface area (Å²) in [6.07, 6.45) is 10.4. The highest BCUT2D eigenvalue weighted by Crippen LogP contribution is 2.34. The van der Waals surface area contributed by atoms with Crippen LogP contribution in [0, 0.1) is 5.92 Å². The quantitative estimate of drug-likeness (QED) is 0.854. The lowest BCUT2D eigenvalue weighted by Gasteiger charge is -2.34. The van der Waals surface area contributed by atoms with Crippen molar-refractivity contribution in [2.24, 2.45) is 5.92 Å². The summed E-state index contributed by atoms with van der Waals surface area (Å²) in [6.45, 7) is 0. The van der Waals surface area contributed by atoms with Crippen LogP contribution in [0.3, 0.4) is 0 Å². The molecule has 1 aliphatic carbocycles. The molecule has 1 aromatic rings.